The van der Waals surface area contributed by atoms with Crippen LogP contribution in [0.25, 0.3) is 0 Å². The van der Waals surface area contributed by atoms with Crippen molar-refractivity contribution in [3.8, 4) is 0 Å². The van der Waals surface area contributed by atoms with Gasteiger partial charge in [-0.05, 0) is 130 Å². The minimum Gasteiger partial charge on any atom is -0.355 e. The van der Waals surface area contributed by atoms with Gasteiger partial charge < -0.3 is 53.6 Å². The average Bonchev–Trinajstić information content (AvgIpc) is 3.26. The number of hydrogen-bond acceptors (Lipinski definition) is 10. The first kappa shape index (κ1) is 56.4. The molecule has 356 valence electrons. The summed E-state index contributed by atoms with van der Waals surface area (Å²) < 4.78 is 0. The lowest BCUT2D eigenvalue weighted by atomic mass is 10.1. The van der Waals surface area contributed by atoms with Gasteiger partial charge in [-0.25, -0.2) is 0 Å². The molecule has 3 unspecified atom stereocenters. The Labute approximate surface area is 372 Å². The summed E-state index contributed by atoms with van der Waals surface area (Å²) in [6.45, 7) is 11.8. The number of piperazine rings is 1. The maximum Gasteiger partial charge on any atom is 0.242 e. The molecule has 1 rings (SSSR count). The molecule has 1 heterocycles. The van der Waals surface area contributed by atoms with E-state index in [9.17, 15) is 19.2 Å². The minimum atomic E-state index is -0.629. The summed E-state index contributed by atoms with van der Waals surface area (Å²) in [5, 5.41) is 15.1. The quantitative estimate of drug-likeness (QED) is 0.0316. The van der Waals surface area contributed by atoms with Gasteiger partial charge in [0.2, 0.25) is 23.6 Å². The van der Waals surface area contributed by atoms with Crippen molar-refractivity contribution in [2.45, 2.75) is 186 Å². The van der Waals surface area contributed by atoms with Crippen molar-refractivity contribution in [2.75, 3.05) is 79.0 Å². The molecule has 0 saturated carbocycles. The van der Waals surface area contributed by atoms with Gasteiger partial charge in [-0.15, -0.1) is 0 Å². The topological polar surface area (TPSA) is 213 Å². The molecule has 0 aromatic heterocycles. The Hall–Kier alpha value is -2.62. The van der Waals surface area contributed by atoms with Crippen LogP contribution in [-0.2, 0) is 19.2 Å². The van der Waals surface area contributed by atoms with Crippen LogP contribution < -0.4 is 43.8 Å². The first-order valence-corrected chi connectivity index (χ1v) is 24.8. The fraction of sp³-hybridized carbons (Fsp3) is 0.872. The standard InChI is InChI=1S/C47H94N10O4/c1-3-4-5-6-7-8-9-10-11-12-13-14-15-16-17-29-44(58)55-43(47(61)54-34-25-36-57-39-37-56(38-40-57)35-24-31-51-2)28-20-23-33-53-46(60)42(50)27-19-22-32-52-45(59)41(49)26-18-21-30-48/h10-11,41-43,51H,3-9,12-40,48-50H2,1-2H3,(H,52,59)(H,53,60)(H,54,61)(H,55,58). The SMILES string of the molecule is CCCCCCCCC=CCCCCCCCC(=O)NC(CCCCNC(=O)C(N)CCCCNC(=O)C(N)CCCCN)C(=O)NCCCN1CCN(CCCNC)CC1. The van der Waals surface area contributed by atoms with Crippen LogP contribution in [0.2, 0.25) is 0 Å². The predicted molar refractivity (Wildman–Crippen MR) is 253 cm³/mol. The summed E-state index contributed by atoms with van der Waals surface area (Å²) in [6, 6.07) is -1.76. The Bertz CT molecular complexity index is 1120. The zero-order valence-corrected chi connectivity index (χ0v) is 39.1. The third kappa shape index (κ3) is 32.7. The smallest absolute Gasteiger partial charge is 0.242 e. The summed E-state index contributed by atoms with van der Waals surface area (Å²) in [4.78, 5) is 56.1. The second-order valence-corrected chi connectivity index (χ2v) is 17.3. The molecule has 14 nitrogen and oxygen atoms in total. The second-order valence-electron chi connectivity index (χ2n) is 17.3. The van der Waals surface area contributed by atoms with E-state index in [1.54, 1.807) is 0 Å². The van der Waals surface area contributed by atoms with Gasteiger partial charge in [0.05, 0.1) is 12.1 Å². The van der Waals surface area contributed by atoms with Gasteiger partial charge in [0.25, 0.3) is 0 Å². The molecule has 0 aromatic rings. The van der Waals surface area contributed by atoms with Crippen molar-refractivity contribution < 1.29 is 19.2 Å². The lowest BCUT2D eigenvalue weighted by Crippen LogP contribution is -2.48. The molecule has 1 aliphatic heterocycles. The van der Waals surface area contributed by atoms with Crippen LogP contribution >= 0.6 is 0 Å². The van der Waals surface area contributed by atoms with Crippen LogP contribution in [0.5, 0.6) is 0 Å². The summed E-state index contributed by atoms with van der Waals surface area (Å²) in [7, 11) is 2.00. The molecule has 61 heavy (non-hydrogen) atoms. The highest BCUT2D eigenvalue weighted by Crippen LogP contribution is 2.11. The van der Waals surface area contributed by atoms with E-state index in [1.165, 1.54) is 64.2 Å². The minimum absolute atomic E-state index is 0.0745. The third-order valence-electron chi connectivity index (χ3n) is 11.7. The normalized spacial score (nSPS) is 15.1. The van der Waals surface area contributed by atoms with Crippen LogP contribution in [0, 0.1) is 0 Å². The molecule has 0 bridgehead atoms. The number of nitrogens with one attached hydrogen (secondary N) is 5. The Morgan fingerprint density at radius 2 is 1.00 bits per heavy atom. The molecule has 11 N–H and O–H groups in total. The van der Waals surface area contributed by atoms with E-state index in [0.717, 1.165) is 90.8 Å². The monoisotopic (exact) mass is 863 g/mol. The van der Waals surface area contributed by atoms with Gasteiger partial charge in [0, 0.05) is 52.2 Å². The molecule has 1 fully saturated rings. The van der Waals surface area contributed by atoms with Crippen LogP contribution in [0.15, 0.2) is 12.2 Å². The summed E-state index contributed by atoms with van der Waals surface area (Å²) in [6.07, 6.45) is 28.9. The first-order valence-electron chi connectivity index (χ1n) is 24.8. The molecule has 0 aliphatic carbocycles. The van der Waals surface area contributed by atoms with Crippen LogP contribution in [0.1, 0.15) is 167 Å². The van der Waals surface area contributed by atoms with E-state index in [2.05, 4.69) is 55.5 Å². The Morgan fingerprint density at radius 3 is 1.54 bits per heavy atom. The Morgan fingerprint density at radius 1 is 0.541 bits per heavy atom. The molecule has 4 amide bonds. The molecule has 0 aromatic carbocycles. The first-order chi connectivity index (χ1) is 29.7. The molecular weight excluding hydrogens is 769 g/mol. The van der Waals surface area contributed by atoms with Gasteiger partial charge >= 0.3 is 0 Å². The number of amides is 4. The molecule has 0 spiro atoms. The number of allylic oxidation sites excluding steroid dienone is 2. The average molecular weight is 863 g/mol. The van der Waals surface area contributed by atoms with Gasteiger partial charge in [0.15, 0.2) is 0 Å². The number of hydrogen-bond donors (Lipinski definition) is 8. The number of unbranched alkanes of at least 4 members (excludes halogenated alkanes) is 14. The lowest BCUT2D eigenvalue weighted by molar-refractivity contribution is -0.129. The van der Waals surface area contributed by atoms with E-state index in [0.29, 0.717) is 77.5 Å². The highest BCUT2D eigenvalue weighted by atomic mass is 16.2. The van der Waals surface area contributed by atoms with Crippen molar-refractivity contribution in [1.29, 1.82) is 0 Å². The molecule has 0 radical (unpaired) electrons. The zero-order valence-electron chi connectivity index (χ0n) is 39.1. The largest absolute Gasteiger partial charge is 0.355 e. The van der Waals surface area contributed by atoms with E-state index < -0.39 is 18.1 Å². The maximum atomic E-state index is 13.4. The third-order valence-corrected chi connectivity index (χ3v) is 11.7. The number of nitrogens with zero attached hydrogens (tertiary/aromatic N) is 2. The highest BCUT2D eigenvalue weighted by Gasteiger charge is 2.21. The number of carbonyl (C=O) groups is 4. The molecule has 3 atom stereocenters. The van der Waals surface area contributed by atoms with E-state index in [-0.39, 0.29) is 23.6 Å². The van der Waals surface area contributed by atoms with Gasteiger partial charge in [-0.3, -0.25) is 19.2 Å². The van der Waals surface area contributed by atoms with Crippen LogP contribution in [0.3, 0.4) is 0 Å². The molecular formula is C47H94N10O4. The second kappa shape index (κ2) is 40.2. The van der Waals surface area contributed by atoms with Crippen LogP contribution in [-0.4, -0.2) is 131 Å². The number of carbonyl (C=O) groups excluding carboxylic acids is 4. The van der Waals surface area contributed by atoms with Crippen molar-refractivity contribution in [3.63, 3.8) is 0 Å². The summed E-state index contributed by atoms with van der Waals surface area (Å²) in [5.74, 6) is -0.575. The number of rotatable bonds is 41. The van der Waals surface area contributed by atoms with E-state index >= 15 is 0 Å². The number of nitrogens with two attached hydrogens (primary N) is 3. The van der Waals surface area contributed by atoms with Gasteiger partial charge in [0.1, 0.15) is 6.04 Å². The van der Waals surface area contributed by atoms with Crippen molar-refractivity contribution in [1.82, 2.24) is 36.4 Å². The van der Waals surface area contributed by atoms with Gasteiger partial charge in [-0.1, -0.05) is 76.9 Å². The van der Waals surface area contributed by atoms with Crippen molar-refractivity contribution >= 4 is 23.6 Å². The lowest BCUT2D eigenvalue weighted by Gasteiger charge is -2.34. The fourth-order valence-electron chi connectivity index (χ4n) is 7.66. The van der Waals surface area contributed by atoms with Crippen LogP contribution in [0.4, 0.5) is 0 Å². The summed E-state index contributed by atoms with van der Waals surface area (Å²) in [5.41, 5.74) is 17.6. The van der Waals surface area contributed by atoms with Crippen molar-refractivity contribution in [3.05, 3.63) is 12.2 Å². The Balaban J connectivity index is 2.40. The van der Waals surface area contributed by atoms with E-state index in [4.69, 9.17) is 17.2 Å². The molecule has 1 saturated heterocycles. The predicted octanol–water partition coefficient (Wildman–Crippen LogP) is 4.60. The molecule has 14 heteroatoms. The van der Waals surface area contributed by atoms with Crippen molar-refractivity contribution in [2.24, 2.45) is 17.2 Å². The zero-order chi connectivity index (χ0) is 44.6. The fourth-order valence-corrected chi connectivity index (χ4v) is 7.66. The Kier molecular flexibility index (Phi) is 37.1. The van der Waals surface area contributed by atoms with Gasteiger partial charge in [-0.2, -0.15) is 0 Å². The summed E-state index contributed by atoms with van der Waals surface area (Å²) >= 11 is 0. The maximum absolute atomic E-state index is 13.4. The van der Waals surface area contributed by atoms with E-state index in [1.807, 2.05) is 7.05 Å². The highest BCUT2D eigenvalue weighted by molar-refractivity contribution is 5.87. The molecule has 1 aliphatic rings.